The van der Waals surface area contributed by atoms with E-state index in [4.69, 9.17) is 10.5 Å². The molecule has 1 saturated heterocycles. The molecule has 2 N–H and O–H groups in total. The summed E-state index contributed by atoms with van der Waals surface area (Å²) in [5, 5.41) is 0. The first-order valence-corrected chi connectivity index (χ1v) is 5.08. The first-order chi connectivity index (χ1) is 6.64. The summed E-state index contributed by atoms with van der Waals surface area (Å²) in [6.07, 6.45) is -1.47. The van der Waals surface area contributed by atoms with Crippen molar-refractivity contribution in [1.82, 2.24) is 4.90 Å². The van der Waals surface area contributed by atoms with Crippen molar-refractivity contribution in [1.29, 1.82) is 0 Å². The van der Waals surface area contributed by atoms with Gasteiger partial charge in [0.25, 0.3) is 0 Å². The van der Waals surface area contributed by atoms with Gasteiger partial charge >= 0.3 is 6.09 Å². The third-order valence-corrected chi connectivity index (χ3v) is 2.44. The monoisotopic (exact) mass is 218 g/mol. The highest BCUT2D eigenvalue weighted by atomic mass is 19.1. The van der Waals surface area contributed by atoms with Crippen molar-refractivity contribution in [2.75, 3.05) is 6.54 Å². The molecule has 4 nitrogen and oxygen atoms in total. The third kappa shape index (κ3) is 2.59. The molecule has 0 aromatic rings. The van der Waals surface area contributed by atoms with Gasteiger partial charge in [0.1, 0.15) is 17.4 Å². The van der Waals surface area contributed by atoms with Crippen LogP contribution in [0.3, 0.4) is 0 Å². The van der Waals surface area contributed by atoms with Crippen LogP contribution in [0.4, 0.5) is 9.18 Å². The van der Waals surface area contributed by atoms with Gasteiger partial charge in [0.05, 0.1) is 0 Å². The first-order valence-electron chi connectivity index (χ1n) is 5.08. The molecule has 2 unspecified atom stereocenters. The Balaban J connectivity index is 2.70. The number of ether oxygens (including phenoxy) is 1. The minimum Gasteiger partial charge on any atom is -0.444 e. The van der Waals surface area contributed by atoms with Crippen molar-refractivity contribution >= 4 is 6.09 Å². The summed E-state index contributed by atoms with van der Waals surface area (Å²) in [4.78, 5) is 12.9. The maximum atomic E-state index is 13.4. The fourth-order valence-electron chi connectivity index (χ4n) is 1.55. The smallest absolute Gasteiger partial charge is 0.411 e. The fraction of sp³-hybridized carbons (Fsp3) is 0.900. The number of alkyl halides is 1. The summed E-state index contributed by atoms with van der Waals surface area (Å²) in [7, 11) is 0. The number of amides is 1. The Hall–Kier alpha value is -0.840. The maximum Gasteiger partial charge on any atom is 0.411 e. The molecule has 2 atom stereocenters. The standard InChI is InChI=1S/C10H19FN2O2/c1-9(2,3)15-8(14)13-6-5-7(11)10(13,4)12/h7H,5-6,12H2,1-4H3. The Morgan fingerprint density at radius 2 is 2.13 bits per heavy atom. The van der Waals surface area contributed by atoms with E-state index in [1.54, 1.807) is 20.8 Å². The summed E-state index contributed by atoms with van der Waals surface area (Å²) < 4.78 is 18.5. The number of halogens is 1. The van der Waals surface area contributed by atoms with E-state index in [9.17, 15) is 9.18 Å². The van der Waals surface area contributed by atoms with E-state index in [0.717, 1.165) is 0 Å². The second-order valence-electron chi connectivity index (χ2n) is 5.11. The SMILES string of the molecule is CC(C)(C)OC(=O)N1CCC(F)C1(C)N. The van der Waals surface area contributed by atoms with Crippen LogP contribution in [0.25, 0.3) is 0 Å². The molecule has 15 heavy (non-hydrogen) atoms. The molecule has 0 aromatic carbocycles. The largest absolute Gasteiger partial charge is 0.444 e. The maximum absolute atomic E-state index is 13.4. The zero-order valence-electron chi connectivity index (χ0n) is 9.71. The van der Waals surface area contributed by atoms with Gasteiger partial charge in [-0.25, -0.2) is 9.18 Å². The quantitative estimate of drug-likeness (QED) is 0.672. The number of rotatable bonds is 0. The highest BCUT2D eigenvalue weighted by Gasteiger charge is 2.46. The van der Waals surface area contributed by atoms with Gasteiger partial charge in [-0.05, 0) is 27.7 Å². The van der Waals surface area contributed by atoms with Gasteiger partial charge in [-0.1, -0.05) is 0 Å². The van der Waals surface area contributed by atoms with Crippen LogP contribution >= 0.6 is 0 Å². The number of hydrogen-bond acceptors (Lipinski definition) is 3. The van der Waals surface area contributed by atoms with Gasteiger partial charge in [0.2, 0.25) is 0 Å². The summed E-state index contributed by atoms with van der Waals surface area (Å²) in [5.41, 5.74) is 3.91. The van der Waals surface area contributed by atoms with Crippen molar-refractivity contribution in [3.63, 3.8) is 0 Å². The molecule has 1 rings (SSSR count). The number of nitrogens with zero attached hydrogens (tertiary/aromatic N) is 1. The summed E-state index contributed by atoms with van der Waals surface area (Å²) in [6.45, 7) is 7.11. The normalized spacial score (nSPS) is 31.9. The predicted molar refractivity (Wildman–Crippen MR) is 55.0 cm³/mol. The lowest BCUT2D eigenvalue weighted by molar-refractivity contribution is 0.00403. The molecule has 1 aliphatic rings. The molecule has 1 aliphatic heterocycles. The molecular weight excluding hydrogens is 199 g/mol. The lowest BCUT2D eigenvalue weighted by Crippen LogP contribution is -2.57. The number of nitrogens with two attached hydrogens (primary N) is 1. The van der Waals surface area contributed by atoms with E-state index >= 15 is 0 Å². The van der Waals surface area contributed by atoms with Crippen LogP contribution in [-0.2, 0) is 4.74 Å². The number of hydrogen-bond donors (Lipinski definition) is 1. The lowest BCUT2D eigenvalue weighted by atomic mass is 10.1. The number of carbonyl (C=O) groups is 1. The highest BCUT2D eigenvalue weighted by Crippen LogP contribution is 2.28. The Labute approximate surface area is 89.6 Å². The van der Waals surface area contributed by atoms with Gasteiger partial charge in [-0.2, -0.15) is 0 Å². The topological polar surface area (TPSA) is 55.6 Å². The molecule has 0 aromatic heterocycles. The zero-order valence-corrected chi connectivity index (χ0v) is 9.71. The molecule has 0 bridgehead atoms. The van der Waals surface area contributed by atoms with Gasteiger partial charge in [-0.3, -0.25) is 4.90 Å². The van der Waals surface area contributed by atoms with Crippen LogP contribution in [0.1, 0.15) is 34.1 Å². The Bertz CT molecular complexity index is 261. The molecule has 88 valence electrons. The van der Waals surface area contributed by atoms with Crippen molar-refractivity contribution < 1.29 is 13.9 Å². The van der Waals surface area contributed by atoms with Crippen molar-refractivity contribution in [3.8, 4) is 0 Å². The van der Waals surface area contributed by atoms with E-state index in [-0.39, 0.29) is 6.42 Å². The van der Waals surface area contributed by atoms with Crippen LogP contribution in [0.15, 0.2) is 0 Å². The van der Waals surface area contributed by atoms with Crippen LogP contribution in [0, 0.1) is 0 Å². The third-order valence-electron chi connectivity index (χ3n) is 2.44. The van der Waals surface area contributed by atoms with Crippen LogP contribution in [0.5, 0.6) is 0 Å². The average molecular weight is 218 g/mol. The van der Waals surface area contributed by atoms with Gasteiger partial charge in [0.15, 0.2) is 0 Å². The van der Waals surface area contributed by atoms with Gasteiger partial charge in [-0.15, -0.1) is 0 Å². The van der Waals surface area contributed by atoms with Crippen LogP contribution in [-0.4, -0.2) is 35.0 Å². The number of carbonyl (C=O) groups excluding carboxylic acids is 1. The number of likely N-dealkylation sites (tertiary alicyclic amines) is 1. The molecule has 0 saturated carbocycles. The Morgan fingerprint density at radius 3 is 2.47 bits per heavy atom. The zero-order chi connectivity index (χ0) is 11.9. The van der Waals surface area contributed by atoms with Crippen molar-refractivity contribution in [2.24, 2.45) is 5.73 Å². The second-order valence-corrected chi connectivity index (χ2v) is 5.11. The molecule has 1 heterocycles. The molecule has 1 fully saturated rings. The van der Waals surface area contributed by atoms with E-state index < -0.39 is 23.5 Å². The van der Waals surface area contributed by atoms with E-state index in [1.807, 2.05) is 0 Å². The van der Waals surface area contributed by atoms with E-state index in [1.165, 1.54) is 11.8 Å². The minimum atomic E-state index is -1.25. The highest BCUT2D eigenvalue weighted by molar-refractivity contribution is 5.69. The van der Waals surface area contributed by atoms with E-state index in [2.05, 4.69) is 0 Å². The van der Waals surface area contributed by atoms with Crippen molar-refractivity contribution in [3.05, 3.63) is 0 Å². The molecule has 0 spiro atoms. The van der Waals surface area contributed by atoms with Crippen LogP contribution in [0.2, 0.25) is 0 Å². The fourth-order valence-corrected chi connectivity index (χ4v) is 1.55. The molecule has 1 amide bonds. The average Bonchev–Trinajstić information content (AvgIpc) is 2.23. The summed E-state index contributed by atoms with van der Waals surface area (Å²) >= 11 is 0. The predicted octanol–water partition coefficient (Wildman–Crippen LogP) is 1.64. The van der Waals surface area contributed by atoms with Gasteiger partial charge < -0.3 is 10.5 Å². The first kappa shape index (κ1) is 12.2. The molecule has 0 aliphatic carbocycles. The minimum absolute atomic E-state index is 0.270. The van der Waals surface area contributed by atoms with Crippen LogP contribution < -0.4 is 5.73 Å². The van der Waals surface area contributed by atoms with E-state index in [0.29, 0.717) is 6.54 Å². The molecule has 5 heteroatoms. The van der Waals surface area contributed by atoms with Crippen molar-refractivity contribution in [2.45, 2.75) is 51.6 Å². The summed E-state index contributed by atoms with van der Waals surface area (Å²) in [5.74, 6) is 0. The van der Waals surface area contributed by atoms with Gasteiger partial charge in [0, 0.05) is 13.0 Å². The molecule has 0 radical (unpaired) electrons. The lowest BCUT2D eigenvalue weighted by Gasteiger charge is -2.33. The molecular formula is C10H19FN2O2. The summed E-state index contributed by atoms with van der Waals surface area (Å²) in [6, 6.07) is 0. The Morgan fingerprint density at radius 1 is 1.60 bits per heavy atom. The second kappa shape index (κ2) is 3.63. The Kier molecular flexibility index (Phi) is 2.96.